The van der Waals surface area contributed by atoms with E-state index in [-0.39, 0.29) is 50.0 Å². The highest BCUT2D eigenvalue weighted by atomic mass is 16.7. The molecule has 0 aromatic rings. The number of carbonyl (C=O) groups excluding carboxylic acids is 1. The van der Waals surface area contributed by atoms with Crippen molar-refractivity contribution >= 4 is 5.97 Å². The second-order valence-electron chi connectivity index (χ2n) is 13.1. The second kappa shape index (κ2) is 13.7. The summed E-state index contributed by atoms with van der Waals surface area (Å²) < 4.78 is 22.7. The smallest absolute Gasteiger partial charge is 0.309 e. The SMILES string of the molecule is O=C(O[C@H]1[C@H](OC2CC3C(O)CC(O)CC3[OH+]C2C2CCC(O)C(O)C2)O[C@H](CO)[C@H](O)[C@@H]1O)C1CC(O)C(O)C(O)C1. The molecule has 0 radical (unpaired) electrons. The van der Waals surface area contributed by atoms with Crippen LogP contribution in [-0.2, 0) is 19.0 Å². The molecule has 16 atom stereocenters. The molecule has 2 heterocycles. The summed E-state index contributed by atoms with van der Waals surface area (Å²) >= 11 is 0. The Kier molecular flexibility index (Phi) is 10.7. The number of esters is 1. The van der Waals surface area contributed by atoms with Crippen LogP contribution in [0.3, 0.4) is 0 Å². The van der Waals surface area contributed by atoms with Crippen LogP contribution >= 0.6 is 0 Å². The molecule has 5 aliphatic rings. The minimum atomic E-state index is -1.75. The molecule has 5 rings (SSSR count). The fourth-order valence-electron chi connectivity index (χ4n) is 7.60. The fraction of sp³-hybridized carbons (Fsp3) is 0.964. The van der Waals surface area contributed by atoms with Gasteiger partial charge < -0.3 is 70.0 Å². The first-order valence-electron chi connectivity index (χ1n) is 15.3. The Labute approximate surface area is 248 Å². The molecule has 5 fully saturated rings. The van der Waals surface area contributed by atoms with E-state index in [1.165, 1.54) is 0 Å². The molecule has 11 N–H and O–H groups in total. The molecule has 0 aromatic carbocycles. The molecule has 0 aromatic heterocycles. The third kappa shape index (κ3) is 7.04. The van der Waals surface area contributed by atoms with Gasteiger partial charge in [0, 0.05) is 18.8 Å². The number of rotatable bonds is 6. The summed E-state index contributed by atoms with van der Waals surface area (Å²) in [4.78, 5) is 13.1. The predicted molar refractivity (Wildman–Crippen MR) is 142 cm³/mol. The molecular weight excluding hydrogens is 576 g/mol. The van der Waals surface area contributed by atoms with Gasteiger partial charge in [-0.15, -0.1) is 0 Å². The van der Waals surface area contributed by atoms with E-state index in [9.17, 15) is 55.9 Å². The topological polar surface area (TPSA) is 260 Å². The summed E-state index contributed by atoms with van der Waals surface area (Å²) in [7, 11) is 0. The molecule has 2 aliphatic heterocycles. The number of carbonyl (C=O) groups is 1. The van der Waals surface area contributed by atoms with Gasteiger partial charge in [-0.25, -0.2) is 0 Å². The van der Waals surface area contributed by atoms with Crippen LogP contribution in [0.1, 0.15) is 51.4 Å². The zero-order chi connectivity index (χ0) is 31.2. The Morgan fingerprint density at radius 3 is 2.09 bits per heavy atom. The molecule has 15 heteroatoms. The first kappa shape index (κ1) is 33.3. The second-order valence-corrected chi connectivity index (χ2v) is 13.1. The summed E-state index contributed by atoms with van der Waals surface area (Å²) in [6, 6.07) is 0. The molecule has 43 heavy (non-hydrogen) atoms. The van der Waals surface area contributed by atoms with Gasteiger partial charge in [0.25, 0.3) is 0 Å². The van der Waals surface area contributed by atoms with Crippen LogP contribution in [0.4, 0.5) is 0 Å². The lowest BCUT2D eigenvalue weighted by Crippen LogP contribution is -2.64. The summed E-state index contributed by atoms with van der Waals surface area (Å²) in [6.45, 7) is -0.690. The molecule has 3 saturated carbocycles. The highest BCUT2D eigenvalue weighted by Crippen LogP contribution is 2.42. The quantitative estimate of drug-likeness (QED) is 0.0989. The maximum absolute atomic E-state index is 13.1. The van der Waals surface area contributed by atoms with Gasteiger partial charge in [-0.05, 0) is 38.5 Å². The van der Waals surface area contributed by atoms with Gasteiger partial charge >= 0.3 is 5.97 Å². The monoisotopic (exact) mass is 623 g/mol. The van der Waals surface area contributed by atoms with Crippen molar-refractivity contribution in [3.8, 4) is 0 Å². The van der Waals surface area contributed by atoms with E-state index in [0.29, 0.717) is 19.3 Å². The van der Waals surface area contributed by atoms with Gasteiger partial charge in [0.2, 0.25) is 0 Å². The molecule has 0 spiro atoms. The van der Waals surface area contributed by atoms with Crippen molar-refractivity contribution in [3.63, 3.8) is 0 Å². The Hall–Kier alpha value is -1.05. The van der Waals surface area contributed by atoms with Gasteiger partial charge in [-0.1, -0.05) is 0 Å². The Bertz CT molecular complexity index is 928. The molecule has 0 amide bonds. The van der Waals surface area contributed by atoms with E-state index >= 15 is 0 Å². The van der Waals surface area contributed by atoms with Crippen LogP contribution in [0.5, 0.6) is 0 Å². The fourth-order valence-corrected chi connectivity index (χ4v) is 7.60. The summed E-state index contributed by atoms with van der Waals surface area (Å²) in [5, 5.41) is 103. The predicted octanol–water partition coefficient (Wildman–Crippen LogP) is -4.46. The van der Waals surface area contributed by atoms with Crippen LogP contribution < -0.4 is 0 Å². The van der Waals surface area contributed by atoms with Crippen LogP contribution in [-0.4, -0.2) is 160 Å². The number of fused-ring (bicyclic) bond motifs is 1. The van der Waals surface area contributed by atoms with Gasteiger partial charge in [0.05, 0.1) is 55.1 Å². The van der Waals surface area contributed by atoms with Gasteiger partial charge in [-0.3, -0.25) is 4.79 Å². The lowest BCUT2D eigenvalue weighted by molar-refractivity contribution is -0.357. The van der Waals surface area contributed by atoms with Crippen molar-refractivity contribution in [2.24, 2.45) is 17.8 Å². The minimum absolute atomic E-state index is 0.161. The lowest BCUT2D eigenvalue weighted by Gasteiger charge is -2.48. The molecular formula is C28H47O15+. The zero-order valence-corrected chi connectivity index (χ0v) is 23.8. The average molecular weight is 624 g/mol. The first-order chi connectivity index (χ1) is 20.4. The van der Waals surface area contributed by atoms with Crippen molar-refractivity contribution in [3.05, 3.63) is 0 Å². The summed E-state index contributed by atoms with van der Waals surface area (Å²) in [6.07, 6.45) is -15.8. The number of hydrogen-bond donors (Lipinski definition) is 10. The summed E-state index contributed by atoms with van der Waals surface area (Å²) in [5.41, 5.74) is 0. The zero-order valence-electron chi connectivity index (χ0n) is 23.8. The maximum atomic E-state index is 13.1. The normalized spacial score (nSPS) is 52.7. The van der Waals surface area contributed by atoms with E-state index in [4.69, 9.17) is 18.9 Å². The Balaban J connectivity index is 1.38. The van der Waals surface area contributed by atoms with E-state index in [2.05, 4.69) is 0 Å². The highest BCUT2D eigenvalue weighted by molar-refractivity contribution is 5.73. The van der Waals surface area contributed by atoms with Crippen LogP contribution in [0.25, 0.3) is 0 Å². The highest BCUT2D eigenvalue weighted by Gasteiger charge is 2.56. The molecule has 15 nitrogen and oxygen atoms in total. The van der Waals surface area contributed by atoms with Crippen molar-refractivity contribution < 1.29 is 74.8 Å². The van der Waals surface area contributed by atoms with Crippen LogP contribution in [0, 0.1) is 17.8 Å². The first-order valence-corrected chi connectivity index (χ1v) is 15.3. The number of aliphatic hydroxyl groups is 12. The average Bonchev–Trinajstić information content (AvgIpc) is 2.96. The van der Waals surface area contributed by atoms with Crippen LogP contribution in [0.2, 0.25) is 0 Å². The van der Waals surface area contributed by atoms with Gasteiger partial charge in [0.1, 0.15) is 30.5 Å². The van der Waals surface area contributed by atoms with E-state index in [0.717, 1.165) is 0 Å². The number of ether oxygens (including phenoxy) is 4. The van der Waals surface area contributed by atoms with E-state index < -0.39 is 104 Å². The van der Waals surface area contributed by atoms with Gasteiger partial charge in [-0.2, -0.15) is 0 Å². The standard InChI is InChI=1S/C28H46O15/c29-9-21-23(37)24(38)26(43-27(39)11-4-17(34)22(36)18(35)5-11)28(42-21)41-20-8-13-15(32)6-12(30)7-19(13)40-25(20)10-1-2-14(31)16(33)3-10/h10-26,28-38H,1-9H2/p+1/t10?,11?,12?,13?,14?,15?,16?,17?,18?,19?,20?,21-,22?,23+,24+,25?,26-,28-/m1/s1. The largest absolute Gasteiger partial charge is 0.454 e. The third-order valence-electron chi connectivity index (χ3n) is 10.1. The molecule has 2 saturated heterocycles. The number of aliphatic hydroxyl groups excluding tert-OH is 10. The van der Waals surface area contributed by atoms with Gasteiger partial charge in [0.15, 0.2) is 24.6 Å². The van der Waals surface area contributed by atoms with Crippen molar-refractivity contribution in [2.75, 3.05) is 6.61 Å². The molecule has 11 unspecified atom stereocenters. The lowest BCUT2D eigenvalue weighted by atomic mass is 9.72. The van der Waals surface area contributed by atoms with E-state index in [1.54, 1.807) is 0 Å². The molecule has 3 aliphatic carbocycles. The van der Waals surface area contributed by atoms with Crippen molar-refractivity contribution in [1.29, 1.82) is 0 Å². The number of hydrogen-bond acceptors (Lipinski definition) is 14. The van der Waals surface area contributed by atoms with E-state index in [1.807, 2.05) is 0 Å². The van der Waals surface area contributed by atoms with Crippen molar-refractivity contribution in [2.45, 2.75) is 143 Å². The van der Waals surface area contributed by atoms with Crippen molar-refractivity contribution in [1.82, 2.24) is 0 Å². The minimum Gasteiger partial charge on any atom is -0.454 e. The summed E-state index contributed by atoms with van der Waals surface area (Å²) in [5.74, 6) is -2.59. The Morgan fingerprint density at radius 2 is 1.44 bits per heavy atom. The van der Waals surface area contributed by atoms with Crippen LogP contribution in [0.15, 0.2) is 0 Å². The molecule has 0 bridgehead atoms. The third-order valence-corrected chi connectivity index (χ3v) is 10.1. The maximum Gasteiger partial charge on any atom is 0.309 e. The molecule has 248 valence electrons. The Morgan fingerprint density at radius 1 is 0.744 bits per heavy atom.